The fraction of sp³-hybridized carbons (Fsp3) is 0.438. The molecule has 1 saturated heterocycles. The zero-order valence-corrected chi connectivity index (χ0v) is 12.9. The highest BCUT2D eigenvalue weighted by molar-refractivity contribution is 9.10. The molecule has 0 bridgehead atoms. The van der Waals surface area contributed by atoms with E-state index in [9.17, 15) is 4.79 Å². The first-order valence-electron chi connectivity index (χ1n) is 6.77. The summed E-state index contributed by atoms with van der Waals surface area (Å²) in [6, 6.07) is 7.54. The van der Waals surface area contributed by atoms with Crippen LogP contribution in [0.4, 0.5) is 0 Å². The number of terminal acetylenes is 1. The molecule has 1 unspecified atom stereocenters. The minimum Gasteiger partial charge on any atom is -0.368 e. The average molecular weight is 336 g/mol. The van der Waals surface area contributed by atoms with Crippen molar-refractivity contribution in [3.8, 4) is 12.3 Å². The van der Waals surface area contributed by atoms with Crippen molar-refractivity contribution in [2.24, 2.45) is 5.92 Å². The van der Waals surface area contributed by atoms with E-state index in [-0.39, 0.29) is 5.91 Å². The lowest BCUT2D eigenvalue weighted by Crippen LogP contribution is -2.41. The zero-order chi connectivity index (χ0) is 14.4. The number of likely N-dealkylation sites (tertiary alicyclic amines) is 1. The number of benzene rings is 1. The average Bonchev–Trinajstić information content (AvgIpc) is 2.48. The normalized spacial score (nSPS) is 18.6. The van der Waals surface area contributed by atoms with Crippen molar-refractivity contribution in [1.29, 1.82) is 0 Å². The number of ether oxygens (including phenoxy) is 1. The van der Waals surface area contributed by atoms with Gasteiger partial charge in [-0.05, 0) is 40.9 Å². The molecule has 0 saturated carbocycles. The van der Waals surface area contributed by atoms with Gasteiger partial charge in [-0.3, -0.25) is 4.79 Å². The number of hydrogen-bond acceptors (Lipinski definition) is 2. The topological polar surface area (TPSA) is 29.5 Å². The van der Waals surface area contributed by atoms with E-state index in [4.69, 9.17) is 11.2 Å². The molecule has 2 rings (SSSR count). The number of piperidine rings is 1. The second-order valence-corrected chi connectivity index (χ2v) is 5.81. The summed E-state index contributed by atoms with van der Waals surface area (Å²) in [5, 5.41) is 0. The first-order chi connectivity index (χ1) is 9.72. The summed E-state index contributed by atoms with van der Waals surface area (Å²) in [4.78, 5) is 14.4. The van der Waals surface area contributed by atoms with Crippen molar-refractivity contribution in [2.45, 2.75) is 12.8 Å². The lowest BCUT2D eigenvalue weighted by atomic mass is 9.98. The van der Waals surface area contributed by atoms with Gasteiger partial charge < -0.3 is 9.64 Å². The summed E-state index contributed by atoms with van der Waals surface area (Å²) >= 11 is 3.44. The van der Waals surface area contributed by atoms with Crippen LogP contribution in [0, 0.1) is 18.3 Å². The maximum absolute atomic E-state index is 12.5. The molecule has 20 heavy (non-hydrogen) atoms. The lowest BCUT2D eigenvalue weighted by molar-refractivity contribution is 0.0533. The van der Waals surface area contributed by atoms with Gasteiger partial charge in [0.2, 0.25) is 0 Å². The van der Waals surface area contributed by atoms with Gasteiger partial charge in [0, 0.05) is 23.5 Å². The predicted molar refractivity (Wildman–Crippen MR) is 82.4 cm³/mol. The van der Waals surface area contributed by atoms with Gasteiger partial charge in [-0.1, -0.05) is 18.1 Å². The Labute approximate surface area is 128 Å². The van der Waals surface area contributed by atoms with Gasteiger partial charge in [-0.15, -0.1) is 6.42 Å². The Morgan fingerprint density at radius 1 is 1.50 bits per heavy atom. The quantitative estimate of drug-likeness (QED) is 0.625. The minimum absolute atomic E-state index is 0.0825. The summed E-state index contributed by atoms with van der Waals surface area (Å²) in [6.45, 7) is 2.52. The van der Waals surface area contributed by atoms with Crippen LogP contribution in [-0.4, -0.2) is 37.1 Å². The molecule has 0 aromatic heterocycles. The summed E-state index contributed by atoms with van der Waals surface area (Å²) in [6.07, 6.45) is 7.27. The van der Waals surface area contributed by atoms with Gasteiger partial charge in [0.05, 0.1) is 12.2 Å². The van der Waals surface area contributed by atoms with E-state index in [2.05, 4.69) is 21.9 Å². The van der Waals surface area contributed by atoms with E-state index in [1.807, 2.05) is 29.2 Å². The van der Waals surface area contributed by atoms with Crippen molar-refractivity contribution in [1.82, 2.24) is 4.90 Å². The van der Waals surface area contributed by atoms with Gasteiger partial charge >= 0.3 is 0 Å². The zero-order valence-electron chi connectivity index (χ0n) is 11.3. The Bertz CT molecular complexity index is 509. The molecule has 1 heterocycles. The molecule has 0 spiro atoms. The highest BCUT2D eigenvalue weighted by Crippen LogP contribution is 2.22. The maximum atomic E-state index is 12.5. The number of amides is 1. The van der Waals surface area contributed by atoms with E-state index in [1.165, 1.54) is 0 Å². The summed E-state index contributed by atoms with van der Waals surface area (Å²) in [5.41, 5.74) is 0.720. The Hall–Kier alpha value is -1.31. The molecule has 0 aliphatic carbocycles. The molecular formula is C16H18BrNO2. The van der Waals surface area contributed by atoms with Crippen molar-refractivity contribution >= 4 is 21.8 Å². The minimum atomic E-state index is 0.0825. The van der Waals surface area contributed by atoms with Crippen LogP contribution >= 0.6 is 15.9 Å². The van der Waals surface area contributed by atoms with Crippen molar-refractivity contribution < 1.29 is 9.53 Å². The molecule has 0 radical (unpaired) electrons. The van der Waals surface area contributed by atoms with Crippen molar-refractivity contribution in [3.05, 3.63) is 34.3 Å². The Balaban J connectivity index is 1.97. The highest BCUT2D eigenvalue weighted by Gasteiger charge is 2.25. The van der Waals surface area contributed by atoms with Crippen LogP contribution in [0.1, 0.15) is 23.2 Å². The molecule has 3 nitrogen and oxygen atoms in total. The van der Waals surface area contributed by atoms with Crippen LogP contribution in [0.5, 0.6) is 0 Å². The van der Waals surface area contributed by atoms with Crippen LogP contribution in [0.2, 0.25) is 0 Å². The number of carbonyl (C=O) groups is 1. The van der Waals surface area contributed by atoms with Crippen LogP contribution in [0.25, 0.3) is 0 Å². The fourth-order valence-electron chi connectivity index (χ4n) is 2.48. The second kappa shape index (κ2) is 7.47. The van der Waals surface area contributed by atoms with Gasteiger partial charge in [-0.2, -0.15) is 0 Å². The lowest BCUT2D eigenvalue weighted by Gasteiger charge is -2.32. The molecule has 1 amide bonds. The number of halogens is 1. The molecule has 1 aliphatic heterocycles. The molecule has 4 heteroatoms. The molecule has 0 N–H and O–H groups in total. The molecular weight excluding hydrogens is 318 g/mol. The third-order valence-corrected chi connectivity index (χ3v) is 4.14. The third-order valence-electron chi connectivity index (χ3n) is 3.45. The second-order valence-electron chi connectivity index (χ2n) is 4.96. The van der Waals surface area contributed by atoms with E-state index in [1.54, 1.807) is 0 Å². The molecule has 1 atom stereocenters. The first-order valence-corrected chi connectivity index (χ1v) is 7.56. The summed E-state index contributed by atoms with van der Waals surface area (Å²) in [7, 11) is 0. The molecule has 1 aromatic carbocycles. The smallest absolute Gasteiger partial charge is 0.255 e. The SMILES string of the molecule is C#CCOCC1CCCN(C(=O)c2ccccc2Br)C1. The molecule has 1 aliphatic rings. The van der Waals surface area contributed by atoms with E-state index < -0.39 is 0 Å². The van der Waals surface area contributed by atoms with Crippen molar-refractivity contribution in [2.75, 3.05) is 26.3 Å². The number of rotatable bonds is 4. The van der Waals surface area contributed by atoms with Crippen molar-refractivity contribution in [3.63, 3.8) is 0 Å². The fourth-order valence-corrected chi connectivity index (χ4v) is 2.93. The highest BCUT2D eigenvalue weighted by atomic mass is 79.9. The Morgan fingerprint density at radius 2 is 2.30 bits per heavy atom. The number of hydrogen-bond donors (Lipinski definition) is 0. The number of carbonyl (C=O) groups excluding carboxylic acids is 1. The molecule has 106 valence electrons. The summed E-state index contributed by atoms with van der Waals surface area (Å²) < 4.78 is 6.24. The van der Waals surface area contributed by atoms with Crippen LogP contribution in [0.15, 0.2) is 28.7 Å². The first kappa shape index (κ1) is 15.1. The molecule has 1 fully saturated rings. The van der Waals surface area contributed by atoms with E-state index >= 15 is 0 Å². The molecule has 1 aromatic rings. The largest absolute Gasteiger partial charge is 0.368 e. The number of nitrogens with zero attached hydrogens (tertiary/aromatic N) is 1. The van der Waals surface area contributed by atoms with Crippen LogP contribution in [-0.2, 0) is 4.74 Å². The van der Waals surface area contributed by atoms with E-state index in [0.29, 0.717) is 19.1 Å². The predicted octanol–water partition coefficient (Wildman–Crippen LogP) is 2.95. The Morgan fingerprint density at radius 3 is 3.05 bits per heavy atom. The van der Waals surface area contributed by atoms with Gasteiger partial charge in [0.1, 0.15) is 6.61 Å². The maximum Gasteiger partial charge on any atom is 0.255 e. The van der Waals surface area contributed by atoms with Crippen LogP contribution < -0.4 is 0 Å². The summed E-state index contributed by atoms with van der Waals surface area (Å²) in [5.74, 6) is 2.93. The standard InChI is InChI=1S/C16H18BrNO2/c1-2-10-20-12-13-6-5-9-18(11-13)16(19)14-7-3-4-8-15(14)17/h1,3-4,7-8,13H,5-6,9-12H2. The Kier molecular flexibility index (Phi) is 5.63. The van der Waals surface area contributed by atoms with Gasteiger partial charge in [-0.25, -0.2) is 0 Å². The third kappa shape index (κ3) is 3.84. The van der Waals surface area contributed by atoms with Gasteiger partial charge in [0.15, 0.2) is 0 Å². The monoisotopic (exact) mass is 335 g/mol. The van der Waals surface area contributed by atoms with E-state index in [0.717, 1.165) is 36.0 Å². The van der Waals surface area contributed by atoms with Crippen LogP contribution in [0.3, 0.4) is 0 Å². The van der Waals surface area contributed by atoms with Gasteiger partial charge in [0.25, 0.3) is 5.91 Å².